The third-order valence-electron chi connectivity index (χ3n) is 3.50. The van der Waals surface area contributed by atoms with Crippen LogP contribution < -0.4 is 5.32 Å². The molecule has 23 heavy (non-hydrogen) atoms. The zero-order valence-corrected chi connectivity index (χ0v) is 15.3. The van der Waals surface area contributed by atoms with E-state index in [0.717, 1.165) is 0 Å². The van der Waals surface area contributed by atoms with Crippen LogP contribution in [0.15, 0.2) is 14.5 Å². The maximum Gasteiger partial charge on any atom is 0.304 e. The first-order chi connectivity index (χ1) is 10.7. The summed E-state index contributed by atoms with van der Waals surface area (Å²) in [6.07, 6.45) is 0.542. The van der Waals surface area contributed by atoms with Gasteiger partial charge in [-0.3, -0.25) is 4.55 Å². The Labute approximate surface area is 140 Å². The van der Waals surface area contributed by atoms with E-state index in [1.54, 1.807) is 7.11 Å². The highest BCUT2D eigenvalue weighted by Gasteiger charge is 2.39. The lowest BCUT2D eigenvalue weighted by atomic mass is 10.1. The number of ether oxygens (including phenoxy) is 1. The Morgan fingerprint density at radius 2 is 2.22 bits per heavy atom. The molecule has 1 atom stereocenters. The second-order valence-electron chi connectivity index (χ2n) is 5.10. The summed E-state index contributed by atoms with van der Waals surface area (Å²) >= 11 is 0.583. The zero-order valence-electron chi connectivity index (χ0n) is 12.9. The van der Waals surface area contributed by atoms with Gasteiger partial charge < -0.3 is 10.1 Å². The van der Waals surface area contributed by atoms with Crippen molar-refractivity contribution in [3.05, 3.63) is 11.6 Å². The standard InChI is InChI=1S/C12H20N2O6S3/c1-3-13-10-8-14(5-4-6-20-2)22(15,16)12-9(10)7-11(21-12)23(17,18)19/h7,10,13H,3-6,8H2,1-2H3,(H,17,18,19)/t10-/m0/s1. The Morgan fingerprint density at radius 3 is 2.78 bits per heavy atom. The summed E-state index contributed by atoms with van der Waals surface area (Å²) in [6, 6.07) is 0.931. The average Bonchev–Trinajstić information content (AvgIpc) is 2.90. The fourth-order valence-electron chi connectivity index (χ4n) is 2.47. The van der Waals surface area contributed by atoms with Crippen LogP contribution in [0.25, 0.3) is 0 Å². The molecule has 0 saturated heterocycles. The van der Waals surface area contributed by atoms with Crippen LogP contribution in [0.2, 0.25) is 0 Å². The highest BCUT2D eigenvalue weighted by molar-refractivity contribution is 7.92. The van der Waals surface area contributed by atoms with Gasteiger partial charge in [-0.15, -0.1) is 11.3 Å². The van der Waals surface area contributed by atoms with Crippen molar-refractivity contribution < 1.29 is 26.1 Å². The Kier molecular flexibility index (Phi) is 5.82. The van der Waals surface area contributed by atoms with E-state index in [9.17, 15) is 21.4 Å². The van der Waals surface area contributed by atoms with Crippen molar-refractivity contribution in [2.24, 2.45) is 0 Å². The zero-order chi connectivity index (χ0) is 17.3. The molecule has 0 bridgehead atoms. The number of thiophene rings is 1. The van der Waals surface area contributed by atoms with Crippen molar-refractivity contribution in [3.8, 4) is 0 Å². The average molecular weight is 385 g/mol. The van der Waals surface area contributed by atoms with Crippen molar-refractivity contribution in [1.29, 1.82) is 0 Å². The van der Waals surface area contributed by atoms with Gasteiger partial charge in [0.15, 0.2) is 0 Å². The monoisotopic (exact) mass is 384 g/mol. The van der Waals surface area contributed by atoms with E-state index in [1.165, 1.54) is 10.4 Å². The van der Waals surface area contributed by atoms with E-state index in [-0.39, 0.29) is 27.5 Å². The fraction of sp³-hybridized carbons (Fsp3) is 0.667. The van der Waals surface area contributed by atoms with Crippen molar-refractivity contribution >= 4 is 31.5 Å². The molecule has 0 saturated carbocycles. The number of hydrogen-bond donors (Lipinski definition) is 2. The number of fused-ring (bicyclic) bond motifs is 1. The summed E-state index contributed by atoms with van der Waals surface area (Å²) < 4.78 is 63.1. The molecule has 0 amide bonds. The van der Waals surface area contributed by atoms with Gasteiger partial charge in [0.05, 0.1) is 0 Å². The second kappa shape index (κ2) is 7.13. The van der Waals surface area contributed by atoms with Gasteiger partial charge in [-0.05, 0) is 19.0 Å². The maximum atomic E-state index is 12.7. The van der Waals surface area contributed by atoms with Crippen molar-refractivity contribution in [3.63, 3.8) is 0 Å². The molecule has 8 nitrogen and oxygen atoms in total. The first-order valence-electron chi connectivity index (χ1n) is 7.05. The highest BCUT2D eigenvalue weighted by atomic mass is 32.3. The van der Waals surface area contributed by atoms with Crippen LogP contribution in [0, 0.1) is 0 Å². The summed E-state index contributed by atoms with van der Waals surface area (Å²) in [5.74, 6) is 0. The van der Waals surface area contributed by atoms with Gasteiger partial charge in [0.25, 0.3) is 10.0 Å². The lowest BCUT2D eigenvalue weighted by Crippen LogP contribution is -2.43. The van der Waals surface area contributed by atoms with E-state index in [4.69, 9.17) is 4.74 Å². The molecule has 11 heteroatoms. The maximum absolute atomic E-state index is 12.7. The van der Waals surface area contributed by atoms with Crippen molar-refractivity contribution in [2.45, 2.75) is 27.8 Å². The molecular formula is C12H20N2O6S3. The molecule has 1 aromatic rings. The Morgan fingerprint density at radius 1 is 1.52 bits per heavy atom. The van der Waals surface area contributed by atoms with Gasteiger partial charge in [0, 0.05) is 38.4 Å². The Hall–Kier alpha value is -0.560. The highest BCUT2D eigenvalue weighted by Crippen LogP contribution is 2.40. The normalized spacial score (nSPS) is 21.3. The first kappa shape index (κ1) is 18.8. The van der Waals surface area contributed by atoms with E-state index in [2.05, 4.69) is 5.32 Å². The summed E-state index contributed by atoms with van der Waals surface area (Å²) in [6.45, 7) is 3.43. The lowest BCUT2D eigenvalue weighted by molar-refractivity contribution is 0.185. The van der Waals surface area contributed by atoms with Gasteiger partial charge in [0.1, 0.15) is 8.42 Å². The minimum Gasteiger partial charge on any atom is -0.385 e. The topological polar surface area (TPSA) is 113 Å². The molecular weight excluding hydrogens is 364 g/mol. The minimum absolute atomic E-state index is 0.0280. The second-order valence-corrected chi connectivity index (χ2v) is 9.94. The van der Waals surface area contributed by atoms with Crippen LogP contribution in [-0.4, -0.2) is 59.0 Å². The van der Waals surface area contributed by atoms with Gasteiger partial charge in [0.2, 0.25) is 0 Å². The predicted molar refractivity (Wildman–Crippen MR) is 85.8 cm³/mol. The van der Waals surface area contributed by atoms with Crippen LogP contribution in [0.5, 0.6) is 0 Å². The van der Waals surface area contributed by atoms with Crippen LogP contribution in [0.4, 0.5) is 0 Å². The number of sulfonamides is 1. The van der Waals surface area contributed by atoms with Crippen LogP contribution in [-0.2, 0) is 24.9 Å². The number of likely N-dealkylation sites (N-methyl/N-ethyl adjacent to an activating group) is 1. The molecule has 1 aromatic heterocycles. The number of nitrogens with one attached hydrogen (secondary N) is 1. The van der Waals surface area contributed by atoms with E-state index in [0.29, 0.717) is 36.5 Å². The Bertz CT molecular complexity index is 756. The number of nitrogens with zero attached hydrogens (tertiary/aromatic N) is 1. The molecule has 0 spiro atoms. The van der Waals surface area contributed by atoms with Gasteiger partial charge in [-0.25, -0.2) is 8.42 Å². The van der Waals surface area contributed by atoms with Gasteiger partial charge >= 0.3 is 10.1 Å². The van der Waals surface area contributed by atoms with Gasteiger partial charge in [-0.2, -0.15) is 12.7 Å². The molecule has 0 radical (unpaired) electrons. The molecule has 1 aliphatic rings. The molecule has 0 unspecified atom stereocenters. The minimum atomic E-state index is -4.44. The largest absolute Gasteiger partial charge is 0.385 e. The molecule has 0 aromatic carbocycles. The predicted octanol–water partition coefficient (Wildman–Crippen LogP) is 0.686. The smallest absolute Gasteiger partial charge is 0.304 e. The number of rotatable bonds is 7. The van der Waals surface area contributed by atoms with E-state index < -0.39 is 20.1 Å². The number of methoxy groups -OCH3 is 1. The molecule has 2 N–H and O–H groups in total. The summed E-state index contributed by atoms with van der Waals surface area (Å²) in [4.78, 5) is 0. The molecule has 0 fully saturated rings. The Balaban J connectivity index is 2.44. The lowest BCUT2D eigenvalue weighted by Gasteiger charge is -2.32. The van der Waals surface area contributed by atoms with Crippen molar-refractivity contribution in [2.75, 3.05) is 33.4 Å². The molecule has 2 rings (SSSR count). The van der Waals surface area contributed by atoms with E-state index in [1.807, 2.05) is 6.92 Å². The third-order valence-corrected chi connectivity index (χ3v) is 8.34. The van der Waals surface area contributed by atoms with E-state index >= 15 is 0 Å². The quantitative estimate of drug-likeness (QED) is 0.525. The SMILES string of the molecule is CCN[C@H]1CN(CCCOC)S(=O)(=O)c2sc(S(=O)(=O)O)cc21. The molecule has 1 aliphatic heterocycles. The fourth-order valence-corrected chi connectivity index (χ4v) is 6.72. The number of hydrogen-bond acceptors (Lipinski definition) is 7. The summed E-state index contributed by atoms with van der Waals surface area (Å²) in [5.41, 5.74) is 0.396. The third kappa shape index (κ3) is 3.92. The van der Waals surface area contributed by atoms with Gasteiger partial charge in [-0.1, -0.05) is 6.92 Å². The first-order valence-corrected chi connectivity index (χ1v) is 10.7. The van der Waals surface area contributed by atoms with Crippen LogP contribution in [0.3, 0.4) is 0 Å². The summed E-state index contributed by atoms with van der Waals surface area (Å²) in [7, 11) is -6.67. The van der Waals surface area contributed by atoms with Crippen molar-refractivity contribution in [1.82, 2.24) is 9.62 Å². The molecule has 2 heterocycles. The van der Waals surface area contributed by atoms with Crippen LogP contribution >= 0.6 is 11.3 Å². The van der Waals surface area contributed by atoms with Crippen LogP contribution in [0.1, 0.15) is 24.9 Å². The summed E-state index contributed by atoms with van der Waals surface area (Å²) in [5, 5.41) is 3.16. The molecule has 132 valence electrons. The molecule has 0 aliphatic carbocycles.